The van der Waals surface area contributed by atoms with Crippen LogP contribution in [0.5, 0.6) is 0 Å². The van der Waals surface area contributed by atoms with E-state index in [0.29, 0.717) is 18.2 Å². The second-order valence-corrected chi connectivity index (χ2v) is 6.68. The van der Waals surface area contributed by atoms with E-state index in [2.05, 4.69) is 10.6 Å². The Morgan fingerprint density at radius 3 is 1.91 bits per heavy atom. The van der Waals surface area contributed by atoms with E-state index in [9.17, 15) is 8.42 Å². The van der Waals surface area contributed by atoms with E-state index in [0.717, 1.165) is 11.1 Å². The Morgan fingerprint density at radius 1 is 0.909 bits per heavy atom. The molecule has 0 aliphatic heterocycles. The van der Waals surface area contributed by atoms with Crippen molar-refractivity contribution in [1.29, 1.82) is 0 Å². The summed E-state index contributed by atoms with van der Waals surface area (Å²) in [5.74, 6) is 0. The molecule has 0 atom stereocenters. The van der Waals surface area contributed by atoms with Gasteiger partial charge in [-0.05, 0) is 35.5 Å². The van der Waals surface area contributed by atoms with Crippen molar-refractivity contribution in [2.75, 3.05) is 0 Å². The Bertz CT molecular complexity index is 729. The van der Waals surface area contributed by atoms with Gasteiger partial charge in [-0.15, -0.1) is 0 Å². The fourth-order valence-electron chi connectivity index (χ4n) is 1.82. The van der Waals surface area contributed by atoms with Gasteiger partial charge in [0.2, 0.25) is 10.0 Å². The lowest BCUT2D eigenvalue weighted by Gasteiger charge is -2.11. The van der Waals surface area contributed by atoms with Gasteiger partial charge in [-0.1, -0.05) is 42.5 Å². The van der Waals surface area contributed by atoms with E-state index in [-0.39, 0.29) is 4.90 Å². The van der Waals surface area contributed by atoms with Crippen molar-refractivity contribution in [3.8, 4) is 0 Å². The summed E-state index contributed by atoms with van der Waals surface area (Å²) in [4.78, 5) is 0.0982. The molecule has 7 heteroatoms. The molecule has 0 unspecified atom stereocenters. The predicted octanol–water partition coefficient (Wildman–Crippen LogP) is 1.50. The topological polar surface area (TPSA) is 84.2 Å². The highest BCUT2D eigenvalue weighted by Gasteiger charge is 2.06. The van der Waals surface area contributed by atoms with E-state index in [4.69, 9.17) is 17.4 Å². The number of rotatable bonds is 5. The van der Waals surface area contributed by atoms with Crippen LogP contribution in [-0.4, -0.2) is 13.5 Å². The summed E-state index contributed by atoms with van der Waals surface area (Å²) in [5, 5.41) is 11.8. The number of thiocarbonyl (C=S) groups is 1. The van der Waals surface area contributed by atoms with E-state index >= 15 is 0 Å². The molecule has 0 aliphatic rings. The fourth-order valence-corrected chi connectivity index (χ4v) is 2.48. The molecule has 2 aromatic rings. The smallest absolute Gasteiger partial charge is 0.238 e. The van der Waals surface area contributed by atoms with Crippen LogP contribution in [0, 0.1) is 0 Å². The molecule has 2 rings (SSSR count). The zero-order chi connectivity index (χ0) is 16.0. The minimum Gasteiger partial charge on any atom is -0.359 e. The fraction of sp³-hybridized carbons (Fsp3) is 0.133. The van der Waals surface area contributed by atoms with Gasteiger partial charge in [0.25, 0.3) is 0 Å². The Morgan fingerprint density at radius 2 is 1.41 bits per heavy atom. The maximum absolute atomic E-state index is 11.2. The summed E-state index contributed by atoms with van der Waals surface area (Å²) in [6.45, 7) is 1.16. The van der Waals surface area contributed by atoms with Crippen LogP contribution in [-0.2, 0) is 23.1 Å². The molecule has 0 bridgehead atoms. The molecule has 0 saturated heterocycles. The van der Waals surface area contributed by atoms with Crippen molar-refractivity contribution in [2.24, 2.45) is 5.14 Å². The van der Waals surface area contributed by atoms with Gasteiger partial charge in [0, 0.05) is 13.1 Å². The lowest BCUT2D eigenvalue weighted by atomic mass is 10.2. The monoisotopic (exact) mass is 335 g/mol. The van der Waals surface area contributed by atoms with Crippen LogP contribution in [0.25, 0.3) is 0 Å². The third-order valence-corrected chi connectivity index (χ3v) is 4.22. The number of hydrogen-bond donors (Lipinski definition) is 3. The van der Waals surface area contributed by atoms with Crippen LogP contribution < -0.4 is 15.8 Å². The van der Waals surface area contributed by atoms with Gasteiger partial charge >= 0.3 is 0 Å². The van der Waals surface area contributed by atoms with Gasteiger partial charge in [-0.3, -0.25) is 0 Å². The quantitative estimate of drug-likeness (QED) is 0.721. The van der Waals surface area contributed by atoms with E-state index in [1.165, 1.54) is 12.1 Å². The maximum Gasteiger partial charge on any atom is 0.238 e. The molecule has 0 saturated carbocycles. The average Bonchev–Trinajstić information content (AvgIpc) is 2.51. The van der Waals surface area contributed by atoms with Crippen molar-refractivity contribution in [3.05, 3.63) is 65.7 Å². The van der Waals surface area contributed by atoms with Crippen molar-refractivity contribution >= 4 is 27.4 Å². The first-order valence-electron chi connectivity index (χ1n) is 6.62. The first-order valence-corrected chi connectivity index (χ1v) is 8.58. The van der Waals surface area contributed by atoms with Gasteiger partial charge in [0.15, 0.2) is 5.11 Å². The molecular formula is C15H17N3O2S2. The summed E-state index contributed by atoms with van der Waals surface area (Å²) >= 11 is 5.20. The molecule has 5 nitrogen and oxygen atoms in total. The van der Waals surface area contributed by atoms with Crippen LogP contribution in [0.4, 0.5) is 0 Å². The maximum atomic E-state index is 11.2. The third-order valence-electron chi connectivity index (χ3n) is 3.00. The number of benzene rings is 2. The molecule has 22 heavy (non-hydrogen) atoms. The summed E-state index contributed by atoms with van der Waals surface area (Å²) in [6.07, 6.45) is 0. The average molecular weight is 335 g/mol. The zero-order valence-corrected chi connectivity index (χ0v) is 13.5. The number of primary sulfonamides is 1. The van der Waals surface area contributed by atoms with Crippen LogP contribution >= 0.6 is 12.2 Å². The van der Waals surface area contributed by atoms with E-state index in [1.54, 1.807) is 12.1 Å². The highest BCUT2D eigenvalue weighted by atomic mass is 32.2. The number of nitrogens with one attached hydrogen (secondary N) is 2. The Hall–Kier alpha value is -1.96. The first kappa shape index (κ1) is 16.4. The second kappa shape index (κ2) is 7.35. The molecule has 0 aromatic heterocycles. The molecule has 0 spiro atoms. The summed E-state index contributed by atoms with van der Waals surface area (Å²) < 4.78 is 22.3. The van der Waals surface area contributed by atoms with Gasteiger partial charge in [-0.25, -0.2) is 13.6 Å². The standard InChI is InChI=1S/C15H17N3O2S2/c16-22(19,20)14-8-6-13(7-9-14)11-18-15(21)17-10-12-4-2-1-3-5-12/h1-9H,10-11H2,(H2,16,19,20)(H2,17,18,21). The Balaban J connectivity index is 1.81. The molecule has 2 aromatic carbocycles. The Kier molecular flexibility index (Phi) is 5.48. The highest BCUT2D eigenvalue weighted by Crippen LogP contribution is 2.08. The molecular weight excluding hydrogens is 318 g/mol. The van der Waals surface area contributed by atoms with Gasteiger partial charge in [0.05, 0.1) is 4.90 Å². The van der Waals surface area contributed by atoms with Crippen LogP contribution in [0.1, 0.15) is 11.1 Å². The van der Waals surface area contributed by atoms with Crippen LogP contribution in [0.3, 0.4) is 0 Å². The molecule has 0 amide bonds. The molecule has 4 N–H and O–H groups in total. The highest BCUT2D eigenvalue weighted by molar-refractivity contribution is 7.89. The Labute approximate surface area is 135 Å². The minimum absolute atomic E-state index is 0.0982. The van der Waals surface area contributed by atoms with Crippen molar-refractivity contribution < 1.29 is 8.42 Å². The second-order valence-electron chi connectivity index (χ2n) is 4.71. The largest absolute Gasteiger partial charge is 0.359 e. The number of hydrogen-bond acceptors (Lipinski definition) is 3. The lowest BCUT2D eigenvalue weighted by molar-refractivity contribution is 0.597. The number of nitrogens with two attached hydrogens (primary N) is 1. The number of sulfonamides is 1. The normalized spacial score (nSPS) is 11.0. The van der Waals surface area contributed by atoms with Crippen LogP contribution in [0.2, 0.25) is 0 Å². The van der Waals surface area contributed by atoms with Crippen molar-refractivity contribution in [1.82, 2.24) is 10.6 Å². The van der Waals surface area contributed by atoms with E-state index in [1.807, 2.05) is 30.3 Å². The van der Waals surface area contributed by atoms with Gasteiger partial charge < -0.3 is 10.6 Å². The van der Waals surface area contributed by atoms with E-state index < -0.39 is 10.0 Å². The first-order chi connectivity index (χ1) is 10.4. The molecule has 0 radical (unpaired) electrons. The molecule has 0 heterocycles. The lowest BCUT2D eigenvalue weighted by Crippen LogP contribution is -2.34. The van der Waals surface area contributed by atoms with Gasteiger partial charge in [-0.2, -0.15) is 0 Å². The minimum atomic E-state index is -3.65. The van der Waals surface area contributed by atoms with Crippen molar-refractivity contribution in [3.63, 3.8) is 0 Å². The van der Waals surface area contributed by atoms with Gasteiger partial charge in [0.1, 0.15) is 0 Å². The molecule has 116 valence electrons. The molecule has 0 fully saturated rings. The summed E-state index contributed by atoms with van der Waals surface area (Å²) in [7, 11) is -3.65. The predicted molar refractivity (Wildman–Crippen MR) is 90.5 cm³/mol. The SMILES string of the molecule is NS(=O)(=O)c1ccc(CNC(=S)NCc2ccccc2)cc1. The summed E-state index contributed by atoms with van der Waals surface area (Å²) in [5.41, 5.74) is 2.06. The third kappa shape index (κ3) is 5.10. The van der Waals surface area contributed by atoms with Crippen LogP contribution in [0.15, 0.2) is 59.5 Å². The summed E-state index contributed by atoms with van der Waals surface area (Å²) in [6, 6.07) is 16.3. The van der Waals surface area contributed by atoms with Crippen molar-refractivity contribution in [2.45, 2.75) is 18.0 Å². The molecule has 0 aliphatic carbocycles. The zero-order valence-electron chi connectivity index (χ0n) is 11.8.